The third kappa shape index (κ3) is 1.62. The van der Waals surface area contributed by atoms with Gasteiger partial charge in [0, 0.05) is 28.4 Å². The fourth-order valence-electron chi connectivity index (χ4n) is 2.85. The van der Waals surface area contributed by atoms with E-state index in [1.165, 1.54) is 10.9 Å². The molecule has 0 amide bonds. The van der Waals surface area contributed by atoms with Gasteiger partial charge in [-0.1, -0.05) is 24.3 Å². The maximum Gasteiger partial charge on any atom is 0.134 e. The Morgan fingerprint density at radius 2 is 1.89 bits per heavy atom. The van der Waals surface area contributed by atoms with Gasteiger partial charge in [0.2, 0.25) is 0 Å². The van der Waals surface area contributed by atoms with E-state index in [9.17, 15) is 5.11 Å². The van der Waals surface area contributed by atoms with E-state index in [0.717, 1.165) is 28.8 Å². The van der Waals surface area contributed by atoms with E-state index in [4.69, 9.17) is 4.74 Å². The minimum atomic E-state index is -0.00918. The second-order valence-corrected chi connectivity index (χ2v) is 4.57. The molecule has 0 aliphatic rings. The van der Waals surface area contributed by atoms with Crippen LogP contribution in [0.15, 0.2) is 36.4 Å². The van der Waals surface area contributed by atoms with Gasteiger partial charge in [-0.25, -0.2) is 0 Å². The van der Waals surface area contributed by atoms with Crippen molar-refractivity contribution in [1.82, 2.24) is 4.57 Å². The molecule has 1 aromatic heterocycles. The lowest BCUT2D eigenvalue weighted by molar-refractivity contribution is 0.274. The number of rotatable bonds is 3. The van der Waals surface area contributed by atoms with Crippen LogP contribution in [-0.2, 0) is 13.2 Å². The molecule has 0 unspecified atom stereocenters. The van der Waals surface area contributed by atoms with E-state index in [2.05, 4.69) is 29.7 Å². The average Bonchev–Trinajstić information content (AvgIpc) is 2.79. The molecule has 0 atom stereocenters. The zero-order chi connectivity index (χ0) is 13.4. The van der Waals surface area contributed by atoms with Crippen LogP contribution in [-0.4, -0.2) is 16.8 Å². The summed E-state index contributed by atoms with van der Waals surface area (Å²) in [6, 6.07) is 12.3. The summed E-state index contributed by atoms with van der Waals surface area (Å²) < 4.78 is 7.81. The van der Waals surface area contributed by atoms with Crippen molar-refractivity contribution >= 4 is 21.8 Å². The maximum atomic E-state index is 9.46. The molecule has 2 aromatic carbocycles. The molecule has 0 saturated carbocycles. The summed E-state index contributed by atoms with van der Waals surface area (Å²) in [5.74, 6) is 0.781. The van der Waals surface area contributed by atoms with E-state index >= 15 is 0 Å². The van der Waals surface area contributed by atoms with Crippen LogP contribution in [0.1, 0.15) is 12.5 Å². The molecule has 19 heavy (non-hydrogen) atoms. The number of aromatic nitrogens is 1. The Labute approximate surface area is 112 Å². The van der Waals surface area contributed by atoms with Crippen molar-refractivity contribution in [2.45, 2.75) is 20.1 Å². The number of nitrogens with zero attached hydrogens (tertiary/aromatic N) is 1. The van der Waals surface area contributed by atoms with Crippen LogP contribution in [0.2, 0.25) is 0 Å². The molecule has 3 aromatic rings. The van der Waals surface area contributed by atoms with Crippen LogP contribution in [0.3, 0.4) is 0 Å². The number of methoxy groups -OCH3 is 1. The topological polar surface area (TPSA) is 34.4 Å². The van der Waals surface area contributed by atoms with Crippen molar-refractivity contribution in [1.29, 1.82) is 0 Å². The number of hydrogen-bond donors (Lipinski definition) is 1. The van der Waals surface area contributed by atoms with E-state index in [1.54, 1.807) is 7.11 Å². The highest BCUT2D eigenvalue weighted by Crippen LogP contribution is 2.37. The van der Waals surface area contributed by atoms with Gasteiger partial charge in [0.25, 0.3) is 0 Å². The molecule has 1 N–H and O–H groups in total. The molecule has 3 nitrogen and oxygen atoms in total. The van der Waals surface area contributed by atoms with Crippen LogP contribution in [0.4, 0.5) is 0 Å². The van der Waals surface area contributed by atoms with Gasteiger partial charge in [0.1, 0.15) is 5.75 Å². The number of aliphatic hydroxyl groups excluding tert-OH is 1. The lowest BCUT2D eigenvalue weighted by Crippen LogP contribution is -1.95. The Morgan fingerprint density at radius 1 is 1.11 bits per heavy atom. The third-order valence-corrected chi connectivity index (χ3v) is 3.66. The highest BCUT2D eigenvalue weighted by Gasteiger charge is 2.15. The van der Waals surface area contributed by atoms with Gasteiger partial charge in [-0.3, -0.25) is 0 Å². The van der Waals surface area contributed by atoms with E-state index in [0.29, 0.717) is 0 Å². The quantitative estimate of drug-likeness (QED) is 0.779. The molecule has 0 aliphatic carbocycles. The number of benzene rings is 2. The fraction of sp³-hybridized carbons (Fsp3) is 0.250. The normalized spacial score (nSPS) is 11.3. The SMILES string of the molecule is CCn1c2ccccc2c2c(OC)c(CO)ccc21. The van der Waals surface area contributed by atoms with Crippen molar-refractivity contribution < 1.29 is 9.84 Å². The molecule has 0 radical (unpaired) electrons. The van der Waals surface area contributed by atoms with Crippen LogP contribution in [0.5, 0.6) is 5.75 Å². The van der Waals surface area contributed by atoms with Gasteiger partial charge < -0.3 is 14.4 Å². The molecular weight excluding hydrogens is 238 g/mol. The Balaban J connectivity index is 2.55. The van der Waals surface area contributed by atoms with E-state index in [-0.39, 0.29) is 6.61 Å². The standard InChI is InChI=1S/C16H17NO2/c1-3-17-13-7-5-4-6-12(13)15-14(17)9-8-11(10-18)16(15)19-2/h4-9,18H,3,10H2,1-2H3. The lowest BCUT2D eigenvalue weighted by Gasteiger charge is -2.09. The molecular formula is C16H17NO2. The van der Waals surface area contributed by atoms with Crippen LogP contribution in [0, 0.1) is 0 Å². The van der Waals surface area contributed by atoms with Crippen LogP contribution >= 0.6 is 0 Å². The number of para-hydroxylation sites is 1. The maximum absolute atomic E-state index is 9.46. The first-order valence-electron chi connectivity index (χ1n) is 6.49. The number of ether oxygens (including phenoxy) is 1. The Bertz CT molecular complexity index is 743. The van der Waals surface area contributed by atoms with Gasteiger partial charge in [-0.05, 0) is 19.1 Å². The summed E-state index contributed by atoms with van der Waals surface area (Å²) in [6.07, 6.45) is 0. The third-order valence-electron chi connectivity index (χ3n) is 3.66. The molecule has 0 aliphatic heterocycles. The first kappa shape index (κ1) is 12.1. The van der Waals surface area contributed by atoms with Gasteiger partial charge >= 0.3 is 0 Å². The van der Waals surface area contributed by atoms with Gasteiger partial charge in [-0.2, -0.15) is 0 Å². The van der Waals surface area contributed by atoms with Gasteiger partial charge in [0.05, 0.1) is 19.2 Å². The minimum Gasteiger partial charge on any atom is -0.496 e. The minimum absolute atomic E-state index is 0.00918. The van der Waals surface area contributed by atoms with E-state index in [1.807, 2.05) is 18.2 Å². The molecule has 0 bridgehead atoms. The smallest absolute Gasteiger partial charge is 0.134 e. The zero-order valence-electron chi connectivity index (χ0n) is 11.2. The van der Waals surface area contributed by atoms with Gasteiger partial charge in [-0.15, -0.1) is 0 Å². The number of fused-ring (bicyclic) bond motifs is 3. The number of aliphatic hydroxyl groups is 1. The van der Waals surface area contributed by atoms with Crippen molar-refractivity contribution in [2.75, 3.05) is 7.11 Å². The van der Waals surface area contributed by atoms with Crippen LogP contribution in [0.25, 0.3) is 21.8 Å². The monoisotopic (exact) mass is 255 g/mol. The predicted octanol–water partition coefficient (Wildman–Crippen LogP) is 3.32. The summed E-state index contributed by atoms with van der Waals surface area (Å²) in [6.45, 7) is 3.04. The molecule has 0 saturated heterocycles. The highest BCUT2D eigenvalue weighted by atomic mass is 16.5. The summed E-state index contributed by atoms with van der Waals surface area (Å²) >= 11 is 0. The summed E-state index contributed by atoms with van der Waals surface area (Å²) in [4.78, 5) is 0. The van der Waals surface area contributed by atoms with Crippen molar-refractivity contribution in [2.24, 2.45) is 0 Å². The lowest BCUT2D eigenvalue weighted by atomic mass is 10.1. The first-order valence-corrected chi connectivity index (χ1v) is 6.49. The molecule has 3 heteroatoms. The Hall–Kier alpha value is -2.00. The van der Waals surface area contributed by atoms with Crippen molar-refractivity contribution in [3.8, 4) is 5.75 Å². The van der Waals surface area contributed by atoms with E-state index < -0.39 is 0 Å². The first-order chi connectivity index (χ1) is 9.31. The molecule has 98 valence electrons. The molecule has 0 spiro atoms. The molecule has 1 heterocycles. The Kier molecular flexibility index (Phi) is 2.91. The highest BCUT2D eigenvalue weighted by molar-refractivity contribution is 6.11. The predicted molar refractivity (Wildman–Crippen MR) is 77.6 cm³/mol. The number of hydrogen-bond acceptors (Lipinski definition) is 2. The zero-order valence-corrected chi connectivity index (χ0v) is 11.2. The average molecular weight is 255 g/mol. The number of aryl methyl sites for hydroxylation is 1. The second-order valence-electron chi connectivity index (χ2n) is 4.57. The molecule has 0 fully saturated rings. The Morgan fingerprint density at radius 3 is 2.58 bits per heavy atom. The largest absolute Gasteiger partial charge is 0.496 e. The second kappa shape index (κ2) is 4.59. The summed E-state index contributed by atoms with van der Waals surface area (Å²) in [5.41, 5.74) is 3.18. The van der Waals surface area contributed by atoms with Crippen LogP contribution < -0.4 is 4.74 Å². The summed E-state index contributed by atoms with van der Waals surface area (Å²) in [5, 5.41) is 11.7. The van der Waals surface area contributed by atoms with Gasteiger partial charge in [0.15, 0.2) is 0 Å². The van der Waals surface area contributed by atoms with Crippen molar-refractivity contribution in [3.05, 3.63) is 42.0 Å². The fourth-order valence-corrected chi connectivity index (χ4v) is 2.85. The molecule has 3 rings (SSSR count). The van der Waals surface area contributed by atoms with Crippen molar-refractivity contribution in [3.63, 3.8) is 0 Å². The summed E-state index contributed by atoms with van der Waals surface area (Å²) in [7, 11) is 1.66.